The van der Waals surface area contributed by atoms with E-state index in [-0.39, 0.29) is 11.4 Å². The maximum absolute atomic E-state index is 11.2. The molecule has 3 aromatic carbocycles. The lowest BCUT2D eigenvalue weighted by atomic mass is 10.2. The van der Waals surface area contributed by atoms with Crippen LogP contribution in [0.3, 0.4) is 0 Å². The number of nitrogens with one attached hydrogen (secondary N) is 1. The van der Waals surface area contributed by atoms with E-state index in [2.05, 4.69) is 10.5 Å². The molecule has 0 heterocycles. The summed E-state index contributed by atoms with van der Waals surface area (Å²) in [7, 11) is 0. The molecule has 10 heteroatoms. The molecule has 0 saturated heterocycles. The number of hydrogen-bond acceptors (Lipinski definition) is 7. The number of anilines is 1. The van der Waals surface area contributed by atoms with Gasteiger partial charge in [-0.25, -0.2) is 0 Å². The minimum absolute atomic E-state index is 0.0352. The predicted octanol–water partition coefficient (Wildman–Crippen LogP) is 5.18. The Labute approximate surface area is 175 Å². The van der Waals surface area contributed by atoms with Crippen LogP contribution in [-0.4, -0.2) is 16.1 Å². The highest BCUT2D eigenvalue weighted by Crippen LogP contribution is 2.29. The number of rotatable bonds is 8. The van der Waals surface area contributed by atoms with E-state index in [1.807, 2.05) is 18.2 Å². The van der Waals surface area contributed by atoms with Crippen LogP contribution in [-0.2, 0) is 6.61 Å². The highest BCUT2D eigenvalue weighted by molar-refractivity contribution is 6.31. The zero-order valence-corrected chi connectivity index (χ0v) is 16.2. The van der Waals surface area contributed by atoms with Crippen molar-refractivity contribution in [1.29, 1.82) is 0 Å². The Kier molecular flexibility index (Phi) is 6.56. The van der Waals surface area contributed by atoms with E-state index in [1.54, 1.807) is 30.3 Å². The molecule has 0 bridgehead atoms. The van der Waals surface area contributed by atoms with Crippen molar-refractivity contribution in [2.24, 2.45) is 5.10 Å². The van der Waals surface area contributed by atoms with Gasteiger partial charge in [0, 0.05) is 16.7 Å². The van der Waals surface area contributed by atoms with Crippen molar-refractivity contribution in [3.05, 3.63) is 103 Å². The number of nitrogens with zero attached hydrogens (tertiary/aromatic N) is 3. The van der Waals surface area contributed by atoms with Gasteiger partial charge in [0.15, 0.2) is 0 Å². The Hall–Kier alpha value is -3.98. The van der Waals surface area contributed by atoms with Crippen LogP contribution < -0.4 is 10.2 Å². The molecule has 0 fully saturated rings. The second-order valence-corrected chi connectivity index (χ2v) is 6.45. The van der Waals surface area contributed by atoms with E-state index in [9.17, 15) is 20.2 Å². The van der Waals surface area contributed by atoms with Crippen molar-refractivity contribution in [2.75, 3.05) is 5.43 Å². The summed E-state index contributed by atoms with van der Waals surface area (Å²) in [5.74, 6) is 0.597. The standard InChI is InChI=1S/C20H15ClN4O5/c21-18-7-2-1-5-15(18)13-30-17-6-3-4-14(10-17)12-22-23-19-9-8-16(24(26)27)11-20(19)25(28)29/h1-12,23H,13H2/b22-12-. The summed E-state index contributed by atoms with van der Waals surface area (Å²) in [4.78, 5) is 20.5. The Balaban J connectivity index is 1.68. The molecule has 0 aliphatic heterocycles. The van der Waals surface area contributed by atoms with E-state index >= 15 is 0 Å². The monoisotopic (exact) mass is 426 g/mol. The van der Waals surface area contributed by atoms with Crippen LogP contribution in [0.5, 0.6) is 5.75 Å². The first-order valence-corrected chi connectivity index (χ1v) is 9.00. The van der Waals surface area contributed by atoms with Gasteiger partial charge in [0.05, 0.1) is 22.1 Å². The normalized spacial score (nSPS) is 10.7. The molecule has 0 atom stereocenters. The molecule has 0 spiro atoms. The molecule has 9 nitrogen and oxygen atoms in total. The number of halogens is 1. The van der Waals surface area contributed by atoms with Gasteiger partial charge < -0.3 is 4.74 Å². The fraction of sp³-hybridized carbons (Fsp3) is 0.0500. The van der Waals surface area contributed by atoms with E-state index in [1.165, 1.54) is 12.3 Å². The molecule has 3 aromatic rings. The lowest BCUT2D eigenvalue weighted by Gasteiger charge is -2.08. The third kappa shape index (κ3) is 5.30. The third-order valence-corrected chi connectivity index (χ3v) is 4.37. The number of hydrogen-bond donors (Lipinski definition) is 1. The van der Waals surface area contributed by atoms with Gasteiger partial charge in [-0.2, -0.15) is 5.10 Å². The summed E-state index contributed by atoms with van der Waals surface area (Å²) < 4.78 is 5.74. The van der Waals surface area contributed by atoms with Crippen LogP contribution in [0.15, 0.2) is 71.8 Å². The fourth-order valence-electron chi connectivity index (χ4n) is 2.52. The Morgan fingerprint density at radius 3 is 2.53 bits per heavy atom. The van der Waals surface area contributed by atoms with E-state index < -0.39 is 15.5 Å². The average molecular weight is 427 g/mol. The molecule has 152 valence electrons. The van der Waals surface area contributed by atoms with Crippen LogP contribution in [0, 0.1) is 20.2 Å². The first-order chi connectivity index (χ1) is 14.4. The number of nitro groups is 2. The second-order valence-electron chi connectivity index (χ2n) is 6.04. The van der Waals surface area contributed by atoms with Crippen LogP contribution in [0.1, 0.15) is 11.1 Å². The van der Waals surface area contributed by atoms with Crippen molar-refractivity contribution in [2.45, 2.75) is 6.61 Å². The van der Waals surface area contributed by atoms with Crippen molar-refractivity contribution in [1.82, 2.24) is 0 Å². The van der Waals surface area contributed by atoms with Crippen molar-refractivity contribution in [3.8, 4) is 5.75 Å². The maximum atomic E-state index is 11.2. The molecule has 0 aromatic heterocycles. The van der Waals surface area contributed by atoms with Crippen molar-refractivity contribution in [3.63, 3.8) is 0 Å². The molecule has 3 rings (SSSR count). The Bertz CT molecular complexity index is 1120. The zero-order chi connectivity index (χ0) is 21.5. The second kappa shape index (κ2) is 9.48. The molecular formula is C20H15ClN4O5. The predicted molar refractivity (Wildman–Crippen MR) is 113 cm³/mol. The quantitative estimate of drug-likeness (QED) is 0.301. The van der Waals surface area contributed by atoms with E-state index in [4.69, 9.17) is 16.3 Å². The van der Waals surface area contributed by atoms with Crippen LogP contribution >= 0.6 is 11.6 Å². The first kappa shape index (κ1) is 20.7. The molecule has 1 N–H and O–H groups in total. The first-order valence-electron chi connectivity index (χ1n) is 8.62. The summed E-state index contributed by atoms with van der Waals surface area (Å²) >= 11 is 6.12. The lowest BCUT2D eigenvalue weighted by molar-refractivity contribution is -0.393. The minimum atomic E-state index is -0.714. The third-order valence-electron chi connectivity index (χ3n) is 4.00. The Morgan fingerprint density at radius 2 is 1.80 bits per heavy atom. The summed E-state index contributed by atoms with van der Waals surface area (Å²) in [6.07, 6.45) is 1.45. The minimum Gasteiger partial charge on any atom is -0.489 e. The van der Waals surface area contributed by atoms with Gasteiger partial charge in [-0.1, -0.05) is 41.9 Å². The number of non-ortho nitro benzene ring substituents is 1. The van der Waals surface area contributed by atoms with Gasteiger partial charge in [0.1, 0.15) is 18.0 Å². The molecular weight excluding hydrogens is 412 g/mol. The Morgan fingerprint density at radius 1 is 1.00 bits per heavy atom. The van der Waals surface area contributed by atoms with Gasteiger partial charge in [-0.05, 0) is 29.8 Å². The molecule has 0 saturated carbocycles. The number of ether oxygens (including phenoxy) is 1. The summed E-state index contributed by atoms with van der Waals surface area (Å²) in [6, 6.07) is 17.7. The number of benzene rings is 3. The average Bonchev–Trinajstić information content (AvgIpc) is 2.73. The van der Waals surface area contributed by atoms with Crippen LogP contribution in [0.25, 0.3) is 0 Å². The molecule has 0 radical (unpaired) electrons. The van der Waals surface area contributed by atoms with E-state index in [0.29, 0.717) is 22.9 Å². The van der Waals surface area contributed by atoms with Gasteiger partial charge in [-0.3, -0.25) is 25.7 Å². The highest BCUT2D eigenvalue weighted by atomic mass is 35.5. The molecule has 0 aliphatic rings. The summed E-state index contributed by atoms with van der Waals surface area (Å²) in [5.41, 5.74) is 3.29. The maximum Gasteiger partial charge on any atom is 0.301 e. The zero-order valence-electron chi connectivity index (χ0n) is 15.4. The van der Waals surface area contributed by atoms with Gasteiger partial charge >= 0.3 is 5.69 Å². The topological polar surface area (TPSA) is 120 Å². The van der Waals surface area contributed by atoms with Gasteiger partial charge in [-0.15, -0.1) is 0 Å². The summed E-state index contributed by atoms with van der Waals surface area (Å²) in [6.45, 7) is 0.299. The van der Waals surface area contributed by atoms with Gasteiger partial charge in [0.2, 0.25) is 0 Å². The van der Waals surface area contributed by atoms with Crippen LogP contribution in [0.4, 0.5) is 17.1 Å². The fourth-order valence-corrected chi connectivity index (χ4v) is 2.71. The summed E-state index contributed by atoms with van der Waals surface area (Å²) in [5, 5.41) is 26.5. The van der Waals surface area contributed by atoms with E-state index in [0.717, 1.165) is 17.7 Å². The molecule has 0 aliphatic carbocycles. The largest absolute Gasteiger partial charge is 0.489 e. The van der Waals surface area contributed by atoms with Crippen molar-refractivity contribution >= 4 is 34.9 Å². The number of nitro benzene ring substituents is 2. The molecule has 0 amide bonds. The number of hydrazone groups is 1. The smallest absolute Gasteiger partial charge is 0.301 e. The van der Waals surface area contributed by atoms with Crippen LogP contribution in [0.2, 0.25) is 5.02 Å². The SMILES string of the molecule is O=[N+]([O-])c1ccc(N/N=C\c2cccc(OCc3ccccc3Cl)c2)c([N+](=O)[O-])c1. The highest BCUT2D eigenvalue weighted by Gasteiger charge is 2.19. The molecule has 30 heavy (non-hydrogen) atoms. The lowest BCUT2D eigenvalue weighted by Crippen LogP contribution is -1.99. The van der Waals surface area contributed by atoms with Gasteiger partial charge in [0.25, 0.3) is 5.69 Å². The van der Waals surface area contributed by atoms with Crippen molar-refractivity contribution < 1.29 is 14.6 Å². The molecule has 0 unspecified atom stereocenters.